The number of hydrogen-bond acceptors (Lipinski definition) is 7. The molecule has 9 nitrogen and oxygen atoms in total. The number of carbonyl (C=O) groups is 2. The normalized spacial score (nSPS) is 10.6. The largest absolute Gasteiger partial charge is 0.493 e. The van der Waals surface area contributed by atoms with Gasteiger partial charge in [0, 0.05) is 11.3 Å². The third-order valence-electron chi connectivity index (χ3n) is 4.76. The summed E-state index contributed by atoms with van der Waals surface area (Å²) in [5.74, 6) is 1.18. The van der Waals surface area contributed by atoms with Gasteiger partial charge in [-0.3, -0.25) is 9.59 Å². The van der Waals surface area contributed by atoms with Crippen molar-refractivity contribution in [3.8, 4) is 23.0 Å². The third-order valence-corrected chi connectivity index (χ3v) is 5.56. The summed E-state index contributed by atoms with van der Waals surface area (Å²) < 4.78 is 22.6. The number of hydrogen-bond donors (Lipinski definition) is 2. The fourth-order valence-corrected chi connectivity index (χ4v) is 3.91. The lowest BCUT2D eigenvalue weighted by Gasteiger charge is -2.13. The molecular formula is C26H26IN3O6. The predicted octanol–water partition coefficient (Wildman–Crippen LogP) is 4.49. The molecule has 0 heterocycles. The van der Waals surface area contributed by atoms with Crippen LogP contribution < -0.4 is 29.7 Å². The van der Waals surface area contributed by atoms with Gasteiger partial charge < -0.3 is 24.3 Å². The molecule has 3 aromatic carbocycles. The van der Waals surface area contributed by atoms with E-state index >= 15 is 0 Å². The fraction of sp³-hybridized carbons (Fsp3) is 0.192. The number of anilines is 1. The van der Waals surface area contributed by atoms with Crippen LogP contribution in [-0.4, -0.2) is 45.5 Å². The summed E-state index contributed by atoms with van der Waals surface area (Å²) in [6.07, 6.45) is 1.49. The van der Waals surface area contributed by atoms with Crippen molar-refractivity contribution in [2.75, 3.05) is 32.8 Å². The maximum Gasteiger partial charge on any atom is 0.271 e. The van der Waals surface area contributed by atoms with Crippen LogP contribution >= 0.6 is 22.6 Å². The van der Waals surface area contributed by atoms with Crippen molar-refractivity contribution in [3.63, 3.8) is 0 Å². The highest BCUT2D eigenvalue weighted by Crippen LogP contribution is 2.33. The SMILES string of the molecule is CCOc1ccc(C(=O)N/N=C/c2cc(I)c(OCC(=O)Nc3ccccc3)c(OC)c2)cc1OC. The molecule has 0 aliphatic rings. The second-order valence-corrected chi connectivity index (χ2v) is 8.40. The van der Waals surface area contributed by atoms with E-state index < -0.39 is 5.91 Å². The first-order valence-corrected chi connectivity index (χ1v) is 12.0. The minimum absolute atomic E-state index is 0.184. The van der Waals surface area contributed by atoms with Crippen LogP contribution in [0.5, 0.6) is 23.0 Å². The van der Waals surface area contributed by atoms with Crippen LogP contribution in [0, 0.1) is 3.57 Å². The molecular weight excluding hydrogens is 577 g/mol. The number of methoxy groups -OCH3 is 2. The number of nitrogens with one attached hydrogen (secondary N) is 2. The Bertz CT molecular complexity index is 1230. The van der Waals surface area contributed by atoms with Crippen LogP contribution in [0.2, 0.25) is 0 Å². The quantitative estimate of drug-likeness (QED) is 0.190. The summed E-state index contributed by atoms with van der Waals surface area (Å²) in [5, 5.41) is 6.80. The van der Waals surface area contributed by atoms with Gasteiger partial charge in [0.15, 0.2) is 29.6 Å². The van der Waals surface area contributed by atoms with E-state index in [2.05, 4.69) is 38.4 Å². The summed E-state index contributed by atoms with van der Waals surface area (Å²) in [5.41, 5.74) is 4.22. The average Bonchev–Trinajstić information content (AvgIpc) is 2.88. The minimum atomic E-state index is -0.404. The molecule has 3 aromatic rings. The standard InChI is InChI=1S/C26H26IN3O6/c1-4-35-21-11-10-18(14-22(21)33-2)26(32)30-28-15-17-12-20(27)25(23(13-17)34-3)36-16-24(31)29-19-8-6-5-7-9-19/h5-15H,4,16H2,1-3H3,(H,29,31)(H,30,32)/b28-15+. The Morgan fingerprint density at radius 2 is 1.69 bits per heavy atom. The number of para-hydroxylation sites is 1. The van der Waals surface area contributed by atoms with Gasteiger partial charge in [0.05, 0.1) is 30.6 Å². The summed E-state index contributed by atoms with van der Waals surface area (Å²) in [6, 6.07) is 17.5. The Hall–Kier alpha value is -3.80. The van der Waals surface area contributed by atoms with Gasteiger partial charge in [-0.2, -0.15) is 5.10 Å². The van der Waals surface area contributed by atoms with Gasteiger partial charge in [-0.25, -0.2) is 5.43 Å². The van der Waals surface area contributed by atoms with Gasteiger partial charge in [-0.15, -0.1) is 0 Å². The second-order valence-electron chi connectivity index (χ2n) is 7.23. The van der Waals surface area contributed by atoms with E-state index in [-0.39, 0.29) is 12.5 Å². The summed E-state index contributed by atoms with van der Waals surface area (Å²) >= 11 is 2.09. The Morgan fingerprint density at radius 3 is 2.39 bits per heavy atom. The first-order chi connectivity index (χ1) is 17.4. The lowest BCUT2D eigenvalue weighted by atomic mass is 10.2. The molecule has 0 aliphatic heterocycles. The van der Waals surface area contributed by atoms with Gasteiger partial charge in [0.2, 0.25) is 0 Å². The van der Waals surface area contributed by atoms with Crippen LogP contribution in [0.25, 0.3) is 0 Å². The van der Waals surface area contributed by atoms with Gasteiger partial charge >= 0.3 is 0 Å². The third kappa shape index (κ3) is 7.35. The monoisotopic (exact) mass is 603 g/mol. The van der Waals surface area contributed by atoms with E-state index in [1.165, 1.54) is 20.4 Å². The first kappa shape index (κ1) is 26.8. The average molecular weight is 603 g/mol. The predicted molar refractivity (Wildman–Crippen MR) is 146 cm³/mol. The highest BCUT2D eigenvalue weighted by molar-refractivity contribution is 14.1. The molecule has 0 saturated carbocycles. The molecule has 0 bridgehead atoms. The van der Waals surface area contributed by atoms with Gasteiger partial charge in [0.25, 0.3) is 11.8 Å². The molecule has 0 spiro atoms. The van der Waals surface area contributed by atoms with Gasteiger partial charge in [0.1, 0.15) is 0 Å². The molecule has 2 N–H and O–H groups in total. The number of hydrazone groups is 1. The molecule has 10 heteroatoms. The smallest absolute Gasteiger partial charge is 0.271 e. The van der Waals surface area contributed by atoms with Crippen LogP contribution in [0.4, 0.5) is 5.69 Å². The van der Waals surface area contributed by atoms with Crippen LogP contribution in [0.1, 0.15) is 22.8 Å². The lowest BCUT2D eigenvalue weighted by Crippen LogP contribution is -2.20. The van der Waals surface area contributed by atoms with Crippen molar-refractivity contribution in [1.29, 1.82) is 0 Å². The summed E-state index contributed by atoms with van der Waals surface area (Å²) in [4.78, 5) is 24.7. The van der Waals surface area contributed by atoms with E-state index in [0.29, 0.717) is 50.0 Å². The molecule has 3 rings (SSSR count). The number of rotatable bonds is 11. The maximum absolute atomic E-state index is 12.5. The molecule has 36 heavy (non-hydrogen) atoms. The van der Waals surface area contributed by atoms with E-state index in [1.807, 2.05) is 25.1 Å². The highest BCUT2D eigenvalue weighted by atomic mass is 127. The number of benzene rings is 3. The zero-order valence-electron chi connectivity index (χ0n) is 20.0. The minimum Gasteiger partial charge on any atom is -0.493 e. The Morgan fingerprint density at radius 1 is 0.944 bits per heavy atom. The molecule has 0 aliphatic carbocycles. The summed E-state index contributed by atoms with van der Waals surface area (Å²) in [6.45, 7) is 2.17. The van der Waals surface area contributed by atoms with Crippen molar-refractivity contribution in [1.82, 2.24) is 5.43 Å². The molecule has 0 radical (unpaired) electrons. The summed E-state index contributed by atoms with van der Waals surface area (Å²) in [7, 11) is 3.01. The molecule has 0 saturated heterocycles. The molecule has 2 amide bonds. The Labute approximate surface area is 222 Å². The van der Waals surface area contributed by atoms with Gasteiger partial charge in [-0.1, -0.05) is 18.2 Å². The van der Waals surface area contributed by atoms with E-state index in [1.54, 1.807) is 42.5 Å². The van der Waals surface area contributed by atoms with Gasteiger partial charge in [-0.05, 0) is 77.5 Å². The van der Waals surface area contributed by atoms with Crippen molar-refractivity contribution in [3.05, 3.63) is 75.4 Å². The van der Waals surface area contributed by atoms with Crippen molar-refractivity contribution < 1.29 is 28.5 Å². The van der Waals surface area contributed by atoms with Crippen LogP contribution in [0.15, 0.2) is 65.8 Å². The highest BCUT2D eigenvalue weighted by Gasteiger charge is 2.14. The second kappa shape index (κ2) is 13.3. The Balaban J connectivity index is 1.63. The number of amides is 2. The molecule has 0 atom stereocenters. The topological polar surface area (TPSA) is 107 Å². The Kier molecular flexibility index (Phi) is 9.92. The maximum atomic E-state index is 12.5. The van der Waals surface area contributed by atoms with E-state index in [0.717, 1.165) is 0 Å². The van der Waals surface area contributed by atoms with Crippen molar-refractivity contribution in [2.24, 2.45) is 5.10 Å². The zero-order chi connectivity index (χ0) is 25.9. The first-order valence-electron chi connectivity index (χ1n) is 10.9. The van der Waals surface area contributed by atoms with Crippen molar-refractivity contribution >= 4 is 46.3 Å². The zero-order valence-corrected chi connectivity index (χ0v) is 22.2. The number of ether oxygens (including phenoxy) is 4. The molecule has 0 fully saturated rings. The molecule has 0 aromatic heterocycles. The van der Waals surface area contributed by atoms with Crippen LogP contribution in [-0.2, 0) is 4.79 Å². The number of carbonyl (C=O) groups excluding carboxylic acids is 2. The van der Waals surface area contributed by atoms with Crippen LogP contribution in [0.3, 0.4) is 0 Å². The molecule has 188 valence electrons. The van der Waals surface area contributed by atoms with E-state index in [4.69, 9.17) is 18.9 Å². The number of nitrogens with zero attached hydrogens (tertiary/aromatic N) is 1. The fourth-order valence-electron chi connectivity index (χ4n) is 3.12. The van der Waals surface area contributed by atoms with E-state index in [9.17, 15) is 9.59 Å². The lowest BCUT2D eigenvalue weighted by molar-refractivity contribution is -0.118. The number of halogens is 1. The molecule has 0 unspecified atom stereocenters. The van der Waals surface area contributed by atoms with Crippen molar-refractivity contribution in [2.45, 2.75) is 6.92 Å².